The Morgan fingerprint density at radius 3 is 2.78 bits per heavy atom. The largest absolute Gasteiger partial charge is 0.472 e. The molecule has 0 fully saturated rings. The summed E-state index contributed by atoms with van der Waals surface area (Å²) in [6.07, 6.45) is 3.23. The highest BCUT2D eigenvalue weighted by atomic mass is 16.3. The number of fused-ring (bicyclic) bond motifs is 1. The van der Waals surface area contributed by atoms with E-state index in [1.54, 1.807) is 35.6 Å². The number of carbonyl (C=O) groups excluding carboxylic acids is 1. The molecule has 1 amide bonds. The molecule has 118 valence electrons. The van der Waals surface area contributed by atoms with Crippen molar-refractivity contribution in [2.24, 2.45) is 0 Å². The van der Waals surface area contributed by atoms with Gasteiger partial charge < -0.3 is 14.3 Å². The predicted octanol–water partition coefficient (Wildman–Crippen LogP) is 3.09. The average molecular weight is 310 g/mol. The zero-order chi connectivity index (χ0) is 16.4. The summed E-state index contributed by atoms with van der Waals surface area (Å²) in [4.78, 5) is 28.9. The molecule has 0 atom stereocenters. The van der Waals surface area contributed by atoms with E-state index >= 15 is 0 Å². The normalized spacial score (nSPS) is 10.9. The lowest BCUT2D eigenvalue weighted by Crippen LogP contribution is -2.30. The first-order valence-electron chi connectivity index (χ1n) is 7.52. The minimum absolute atomic E-state index is 0.0713. The minimum atomic E-state index is -0.162. The van der Waals surface area contributed by atoms with Crippen LogP contribution in [0.2, 0.25) is 0 Å². The van der Waals surface area contributed by atoms with Crippen molar-refractivity contribution in [3.8, 4) is 0 Å². The van der Waals surface area contributed by atoms with Crippen molar-refractivity contribution in [2.75, 3.05) is 6.54 Å². The van der Waals surface area contributed by atoms with Crippen LogP contribution in [0.3, 0.4) is 0 Å². The lowest BCUT2D eigenvalue weighted by molar-refractivity contribution is 0.0752. The van der Waals surface area contributed by atoms with Crippen LogP contribution in [0.15, 0.2) is 52.1 Å². The van der Waals surface area contributed by atoms with E-state index in [1.807, 2.05) is 26.0 Å². The van der Waals surface area contributed by atoms with Gasteiger partial charge in [0.05, 0.1) is 12.5 Å². The summed E-state index contributed by atoms with van der Waals surface area (Å²) in [5, 5.41) is 0.944. The number of H-pyrrole nitrogens is 1. The van der Waals surface area contributed by atoms with E-state index in [9.17, 15) is 9.59 Å². The van der Waals surface area contributed by atoms with E-state index in [0.717, 1.165) is 16.5 Å². The van der Waals surface area contributed by atoms with Gasteiger partial charge in [-0.1, -0.05) is 6.07 Å². The number of benzene rings is 1. The summed E-state index contributed by atoms with van der Waals surface area (Å²) in [5.41, 5.74) is 2.92. The molecule has 0 radical (unpaired) electrons. The van der Waals surface area contributed by atoms with E-state index in [4.69, 9.17) is 4.42 Å². The van der Waals surface area contributed by atoms with Crippen LogP contribution in [0, 0.1) is 6.92 Å². The zero-order valence-electron chi connectivity index (χ0n) is 13.1. The van der Waals surface area contributed by atoms with Gasteiger partial charge in [-0.3, -0.25) is 9.59 Å². The third-order valence-corrected chi connectivity index (χ3v) is 3.92. The number of amides is 1. The van der Waals surface area contributed by atoms with Crippen LogP contribution in [0.5, 0.6) is 0 Å². The van der Waals surface area contributed by atoms with Crippen LogP contribution in [-0.2, 0) is 6.54 Å². The van der Waals surface area contributed by atoms with Crippen LogP contribution in [0.25, 0.3) is 10.9 Å². The highest BCUT2D eigenvalue weighted by molar-refractivity contribution is 5.98. The second-order valence-electron chi connectivity index (χ2n) is 5.53. The van der Waals surface area contributed by atoms with Gasteiger partial charge in [-0.05, 0) is 37.6 Å². The Balaban J connectivity index is 1.94. The Labute approximate surface area is 133 Å². The average Bonchev–Trinajstić information content (AvgIpc) is 3.04. The van der Waals surface area contributed by atoms with Gasteiger partial charge in [-0.25, -0.2) is 0 Å². The molecule has 0 aliphatic rings. The molecule has 0 bridgehead atoms. The maximum absolute atomic E-state index is 12.7. The van der Waals surface area contributed by atoms with E-state index < -0.39 is 0 Å². The number of hydrogen-bond donors (Lipinski definition) is 1. The summed E-state index contributed by atoms with van der Waals surface area (Å²) >= 11 is 0. The summed E-state index contributed by atoms with van der Waals surface area (Å²) in [7, 11) is 0. The number of pyridine rings is 1. The third-order valence-electron chi connectivity index (χ3n) is 3.92. The van der Waals surface area contributed by atoms with Crippen molar-refractivity contribution >= 4 is 16.8 Å². The van der Waals surface area contributed by atoms with Gasteiger partial charge in [0.15, 0.2) is 0 Å². The van der Waals surface area contributed by atoms with Crippen molar-refractivity contribution in [3.05, 3.63) is 69.9 Å². The Morgan fingerprint density at radius 2 is 2.09 bits per heavy atom. The van der Waals surface area contributed by atoms with Crippen molar-refractivity contribution in [2.45, 2.75) is 20.4 Å². The zero-order valence-corrected chi connectivity index (χ0v) is 13.1. The van der Waals surface area contributed by atoms with Crippen molar-refractivity contribution < 1.29 is 9.21 Å². The molecule has 23 heavy (non-hydrogen) atoms. The molecule has 5 nitrogen and oxygen atoms in total. The van der Waals surface area contributed by atoms with Crippen LogP contribution in [0.4, 0.5) is 0 Å². The number of aromatic amines is 1. The second kappa shape index (κ2) is 6.12. The number of aryl methyl sites for hydroxylation is 1. The molecule has 0 saturated heterocycles. The molecule has 0 aliphatic heterocycles. The Kier molecular flexibility index (Phi) is 4.02. The smallest absolute Gasteiger partial charge is 0.254 e. The molecule has 2 heterocycles. The number of hydrogen-bond acceptors (Lipinski definition) is 3. The van der Waals surface area contributed by atoms with Gasteiger partial charge in [0.25, 0.3) is 5.91 Å². The lowest BCUT2D eigenvalue weighted by Gasteiger charge is -2.20. The number of rotatable bonds is 4. The molecule has 2 aromatic heterocycles. The quantitative estimate of drug-likeness (QED) is 0.805. The summed E-state index contributed by atoms with van der Waals surface area (Å²) in [5.74, 6) is -0.0713. The van der Waals surface area contributed by atoms with E-state index in [2.05, 4.69) is 4.98 Å². The third kappa shape index (κ3) is 3.04. The van der Waals surface area contributed by atoms with Gasteiger partial charge in [-0.2, -0.15) is 0 Å². The van der Waals surface area contributed by atoms with Crippen LogP contribution in [0.1, 0.15) is 28.4 Å². The fraction of sp³-hybridized carbons (Fsp3) is 0.222. The van der Waals surface area contributed by atoms with Crippen LogP contribution >= 0.6 is 0 Å². The first kappa shape index (κ1) is 15.1. The van der Waals surface area contributed by atoms with Gasteiger partial charge in [-0.15, -0.1) is 0 Å². The minimum Gasteiger partial charge on any atom is -0.472 e. The maximum atomic E-state index is 12.7. The summed E-state index contributed by atoms with van der Waals surface area (Å²) in [6, 6.07) is 8.82. The van der Waals surface area contributed by atoms with E-state index in [1.165, 1.54) is 0 Å². The van der Waals surface area contributed by atoms with Crippen LogP contribution < -0.4 is 5.56 Å². The number of aromatic nitrogens is 1. The van der Waals surface area contributed by atoms with Gasteiger partial charge in [0.2, 0.25) is 5.56 Å². The Hall–Kier alpha value is -2.82. The fourth-order valence-corrected chi connectivity index (χ4v) is 2.68. The highest BCUT2D eigenvalue weighted by Gasteiger charge is 2.16. The van der Waals surface area contributed by atoms with Gasteiger partial charge >= 0.3 is 0 Å². The molecule has 5 heteroatoms. The molecular weight excluding hydrogens is 292 g/mol. The molecule has 0 unspecified atom stereocenters. The second-order valence-corrected chi connectivity index (χ2v) is 5.53. The van der Waals surface area contributed by atoms with Crippen molar-refractivity contribution in [1.82, 2.24) is 9.88 Å². The lowest BCUT2D eigenvalue weighted by atomic mass is 10.1. The van der Waals surface area contributed by atoms with E-state index in [-0.39, 0.29) is 11.5 Å². The SMILES string of the molecule is CCN(Cc1ccoc1)C(=O)c1ccc2c(C)cc(=O)[nH]c2c1. The molecule has 0 aliphatic carbocycles. The standard InChI is InChI=1S/C18H18N2O3/c1-3-20(10-13-6-7-23-11-13)18(22)14-4-5-15-12(2)8-17(21)19-16(15)9-14/h4-9,11H,3,10H2,1-2H3,(H,19,21). The number of furan rings is 1. The summed E-state index contributed by atoms with van der Waals surface area (Å²) in [6.45, 7) is 4.90. The molecule has 0 saturated carbocycles. The molecular formula is C18H18N2O3. The molecule has 3 aromatic rings. The first-order chi connectivity index (χ1) is 11.1. The van der Waals surface area contributed by atoms with Crippen molar-refractivity contribution in [3.63, 3.8) is 0 Å². The van der Waals surface area contributed by atoms with Gasteiger partial charge in [0.1, 0.15) is 0 Å². The van der Waals surface area contributed by atoms with Gasteiger partial charge in [0, 0.05) is 41.2 Å². The Morgan fingerprint density at radius 1 is 1.26 bits per heavy atom. The number of nitrogens with zero attached hydrogens (tertiary/aromatic N) is 1. The molecule has 1 N–H and O–H groups in total. The predicted molar refractivity (Wildman–Crippen MR) is 88.4 cm³/mol. The summed E-state index contributed by atoms with van der Waals surface area (Å²) < 4.78 is 5.05. The first-order valence-corrected chi connectivity index (χ1v) is 7.52. The fourth-order valence-electron chi connectivity index (χ4n) is 2.68. The highest BCUT2D eigenvalue weighted by Crippen LogP contribution is 2.18. The Bertz CT molecular complexity index is 894. The molecule has 1 aromatic carbocycles. The molecule has 0 spiro atoms. The maximum Gasteiger partial charge on any atom is 0.254 e. The monoisotopic (exact) mass is 310 g/mol. The van der Waals surface area contributed by atoms with E-state index in [0.29, 0.717) is 24.2 Å². The number of carbonyl (C=O) groups is 1. The molecule has 3 rings (SSSR count). The van der Waals surface area contributed by atoms with Crippen molar-refractivity contribution in [1.29, 1.82) is 0 Å². The topological polar surface area (TPSA) is 66.3 Å². The number of nitrogens with one attached hydrogen (secondary N) is 1. The van der Waals surface area contributed by atoms with Crippen LogP contribution in [-0.4, -0.2) is 22.3 Å².